The first kappa shape index (κ1) is 34.7. The topological polar surface area (TPSA) is 87.1 Å². The lowest BCUT2D eigenvalue weighted by Crippen LogP contribution is -2.60. The number of amides is 1. The number of para-hydroxylation sites is 1. The normalized spacial score (nSPS) is 19.0. The van der Waals surface area contributed by atoms with Crippen molar-refractivity contribution >= 4 is 48.3 Å². The minimum Gasteiger partial charge on any atom is -0.444 e. The molecule has 8 nitrogen and oxygen atoms in total. The van der Waals surface area contributed by atoms with Gasteiger partial charge in [0.2, 0.25) is 0 Å². The highest BCUT2D eigenvalue weighted by Gasteiger charge is 2.37. The number of aromatic nitrogens is 1. The van der Waals surface area contributed by atoms with Crippen LogP contribution in [0.3, 0.4) is 0 Å². The van der Waals surface area contributed by atoms with Gasteiger partial charge in [-0.05, 0) is 70.4 Å². The van der Waals surface area contributed by atoms with Crippen molar-refractivity contribution in [3.63, 3.8) is 0 Å². The fourth-order valence-corrected chi connectivity index (χ4v) is 7.02. The van der Waals surface area contributed by atoms with Crippen molar-refractivity contribution in [2.75, 3.05) is 24.8 Å². The van der Waals surface area contributed by atoms with Crippen LogP contribution in [0, 0.1) is 5.82 Å². The van der Waals surface area contributed by atoms with Crippen LogP contribution in [0.15, 0.2) is 59.4 Å². The molecule has 1 aromatic heterocycles. The van der Waals surface area contributed by atoms with E-state index in [0.717, 1.165) is 11.3 Å². The molecule has 0 spiro atoms. The summed E-state index contributed by atoms with van der Waals surface area (Å²) in [5.74, 6) is -0.00300. The number of nitrogens with zero attached hydrogens (tertiary/aromatic N) is 4. The van der Waals surface area contributed by atoms with Crippen LogP contribution in [0.2, 0.25) is 10.2 Å². The fourth-order valence-electron chi connectivity index (χ4n) is 5.26. The summed E-state index contributed by atoms with van der Waals surface area (Å²) in [5, 5.41) is 3.35. The number of anilines is 1. The van der Waals surface area contributed by atoms with Gasteiger partial charge in [0.15, 0.2) is 0 Å². The fraction of sp³-hybridized carbons (Fsp3) is 0.424. The van der Waals surface area contributed by atoms with E-state index in [0.29, 0.717) is 24.5 Å². The lowest BCUT2D eigenvalue weighted by atomic mass is 10.0. The number of nitrogens with one attached hydrogen (secondary N) is 1. The highest BCUT2D eigenvalue weighted by molar-refractivity contribution is 7.63. The maximum absolute atomic E-state index is 14.7. The lowest BCUT2D eigenvalue weighted by molar-refractivity contribution is 0.000514. The zero-order chi connectivity index (χ0) is 33.3. The summed E-state index contributed by atoms with van der Waals surface area (Å²) in [6.45, 7) is 15.7. The zero-order valence-corrected chi connectivity index (χ0v) is 29.3. The predicted octanol–water partition coefficient (Wildman–Crippen LogP) is 9.33. The highest BCUT2D eigenvalue weighted by Crippen LogP contribution is 2.46. The van der Waals surface area contributed by atoms with Crippen molar-refractivity contribution in [2.24, 2.45) is 4.76 Å². The van der Waals surface area contributed by atoms with Crippen LogP contribution in [0.25, 0.3) is 11.3 Å². The summed E-state index contributed by atoms with van der Waals surface area (Å²) in [7, 11) is -3.49. The molecule has 2 heterocycles. The van der Waals surface area contributed by atoms with Crippen molar-refractivity contribution in [3.8, 4) is 11.3 Å². The van der Waals surface area contributed by atoms with E-state index < -0.39 is 25.0 Å². The number of rotatable bonds is 6. The van der Waals surface area contributed by atoms with Gasteiger partial charge in [-0.25, -0.2) is 14.2 Å². The molecule has 1 unspecified atom stereocenters. The number of pyridine rings is 1. The molecule has 1 aliphatic heterocycles. The summed E-state index contributed by atoms with van der Waals surface area (Å²) in [6, 6.07) is 14.9. The highest BCUT2D eigenvalue weighted by atomic mass is 35.5. The average Bonchev–Trinajstić information content (AvgIpc) is 2.93. The Morgan fingerprint density at radius 1 is 1.07 bits per heavy atom. The van der Waals surface area contributed by atoms with E-state index in [4.69, 9.17) is 32.7 Å². The quantitative estimate of drug-likeness (QED) is 0.121. The Labute approximate surface area is 275 Å². The van der Waals surface area contributed by atoms with E-state index in [2.05, 4.69) is 23.9 Å². The standard InChI is InChI=1S/C33H41Cl2FN5O3P/c1-20(2)23-13-10-12-16-28(23)38-45(8,43)39-31(40-18-22(4)41(19-21(40)3)32(42)44-33(5,6)7)25-17-26(34)29(37-30(25)35)24-14-9-11-15-27(24)36/h9-17,20-22H,18-19H2,1-8H3,(H,38,43)/b39-31-/t21-,22+,45?/m0/s1. The van der Waals surface area contributed by atoms with Crippen LogP contribution in [0.5, 0.6) is 0 Å². The number of piperazine rings is 1. The van der Waals surface area contributed by atoms with Crippen LogP contribution < -0.4 is 5.09 Å². The van der Waals surface area contributed by atoms with Gasteiger partial charge in [-0.3, -0.25) is 4.57 Å². The number of ether oxygens (including phenoxy) is 1. The smallest absolute Gasteiger partial charge is 0.410 e. The molecule has 0 saturated carbocycles. The van der Waals surface area contributed by atoms with Gasteiger partial charge in [0.1, 0.15) is 22.4 Å². The van der Waals surface area contributed by atoms with Gasteiger partial charge in [-0.15, -0.1) is 0 Å². The molecular weight excluding hydrogens is 635 g/mol. The molecule has 1 aliphatic rings. The van der Waals surface area contributed by atoms with Gasteiger partial charge >= 0.3 is 6.09 Å². The molecule has 1 amide bonds. The largest absolute Gasteiger partial charge is 0.444 e. The van der Waals surface area contributed by atoms with E-state index in [1.54, 1.807) is 35.8 Å². The molecule has 1 N–H and O–H groups in total. The molecule has 3 atom stereocenters. The molecule has 0 radical (unpaired) electrons. The molecule has 242 valence electrons. The van der Waals surface area contributed by atoms with E-state index in [1.165, 1.54) is 6.07 Å². The Kier molecular flexibility index (Phi) is 10.6. The summed E-state index contributed by atoms with van der Waals surface area (Å²) in [5.41, 5.74) is 1.80. The van der Waals surface area contributed by atoms with Crippen molar-refractivity contribution in [3.05, 3.63) is 81.7 Å². The molecule has 3 aromatic rings. The van der Waals surface area contributed by atoms with Crippen molar-refractivity contribution < 1.29 is 18.5 Å². The monoisotopic (exact) mass is 675 g/mol. The number of carbonyl (C=O) groups is 1. The first-order valence-corrected chi connectivity index (χ1v) is 17.8. The second-order valence-corrected chi connectivity index (χ2v) is 15.7. The van der Waals surface area contributed by atoms with Crippen LogP contribution in [0.1, 0.15) is 65.5 Å². The third-order valence-electron chi connectivity index (χ3n) is 7.38. The number of carbonyl (C=O) groups excluding carboxylic acids is 1. The summed E-state index contributed by atoms with van der Waals surface area (Å²) in [6.07, 6.45) is -0.412. The van der Waals surface area contributed by atoms with Crippen LogP contribution in [0.4, 0.5) is 14.9 Å². The third kappa shape index (κ3) is 8.37. The first-order valence-electron chi connectivity index (χ1n) is 14.9. The Morgan fingerprint density at radius 3 is 2.31 bits per heavy atom. The Morgan fingerprint density at radius 2 is 1.67 bits per heavy atom. The van der Waals surface area contributed by atoms with Gasteiger partial charge in [-0.2, -0.15) is 4.76 Å². The summed E-state index contributed by atoms with van der Waals surface area (Å²) < 4.78 is 39.5. The predicted molar refractivity (Wildman–Crippen MR) is 182 cm³/mol. The molecule has 45 heavy (non-hydrogen) atoms. The van der Waals surface area contributed by atoms with Crippen molar-refractivity contribution in [1.29, 1.82) is 0 Å². The molecular formula is C33H41Cl2FN5O3P. The number of hydrogen-bond acceptors (Lipinski definition) is 4. The maximum Gasteiger partial charge on any atom is 0.410 e. The Balaban J connectivity index is 1.81. The van der Waals surface area contributed by atoms with E-state index in [9.17, 15) is 13.8 Å². The van der Waals surface area contributed by atoms with Crippen LogP contribution in [-0.4, -0.2) is 64.2 Å². The van der Waals surface area contributed by atoms with Gasteiger partial charge in [0.05, 0.1) is 16.3 Å². The molecule has 1 saturated heterocycles. The number of benzene rings is 2. The van der Waals surface area contributed by atoms with Crippen molar-refractivity contribution in [1.82, 2.24) is 14.8 Å². The molecule has 0 bridgehead atoms. The second kappa shape index (κ2) is 13.7. The SMILES string of the molecule is CC(C)c1ccccc1NP(C)(=O)/N=C(/c1cc(Cl)c(-c2ccccc2F)nc1Cl)N1C[C@@H](C)N(C(=O)OC(C)(C)C)C[C@@H]1C. The molecule has 0 aliphatic carbocycles. The summed E-state index contributed by atoms with van der Waals surface area (Å²) >= 11 is 13.5. The van der Waals surface area contributed by atoms with E-state index >= 15 is 0 Å². The van der Waals surface area contributed by atoms with Crippen molar-refractivity contribution in [2.45, 2.75) is 72.1 Å². The lowest BCUT2D eigenvalue weighted by Gasteiger charge is -2.45. The van der Waals surface area contributed by atoms with Crippen LogP contribution in [-0.2, 0) is 9.30 Å². The Hall–Kier alpha value is -3.13. The van der Waals surface area contributed by atoms with Gasteiger partial charge in [-0.1, -0.05) is 67.4 Å². The molecule has 2 aromatic carbocycles. The third-order valence-corrected chi connectivity index (χ3v) is 9.18. The van der Waals surface area contributed by atoms with Gasteiger partial charge < -0.3 is 19.6 Å². The minimum absolute atomic E-state index is 0.0217. The number of hydrogen-bond donors (Lipinski definition) is 1. The molecule has 12 heteroatoms. The molecule has 4 rings (SSSR count). The number of halogens is 3. The summed E-state index contributed by atoms with van der Waals surface area (Å²) in [4.78, 5) is 21.2. The first-order chi connectivity index (χ1) is 21.0. The molecule has 1 fully saturated rings. The maximum atomic E-state index is 14.7. The van der Waals surface area contributed by atoms with Gasteiger partial charge in [0.25, 0.3) is 7.44 Å². The minimum atomic E-state index is -3.49. The average molecular weight is 677 g/mol. The zero-order valence-electron chi connectivity index (χ0n) is 26.9. The van der Waals surface area contributed by atoms with Gasteiger partial charge in [0, 0.05) is 43.1 Å². The van der Waals surface area contributed by atoms with E-state index in [1.807, 2.05) is 63.8 Å². The number of amidine groups is 1. The second-order valence-electron chi connectivity index (χ2n) is 12.8. The Bertz CT molecular complexity index is 1640. The van der Waals surface area contributed by atoms with E-state index in [-0.39, 0.29) is 39.4 Å². The van der Waals surface area contributed by atoms with Crippen LogP contribution >= 0.6 is 30.6 Å².